The molecule has 0 spiro atoms. The van der Waals surface area contributed by atoms with E-state index in [4.69, 9.17) is 11.5 Å². The molecule has 21 heavy (non-hydrogen) atoms. The summed E-state index contributed by atoms with van der Waals surface area (Å²) in [7, 11) is 6.60. The van der Waals surface area contributed by atoms with Crippen LogP contribution in [0.25, 0.3) is 0 Å². The smallest absolute Gasteiger partial charge is 0.104 e. The minimum absolute atomic E-state index is 0.458. The van der Waals surface area contributed by atoms with Gasteiger partial charge in [0.15, 0.2) is 0 Å². The second kappa shape index (κ2) is 10.3. The van der Waals surface area contributed by atoms with Crippen LogP contribution in [-0.2, 0) is 11.3 Å². The van der Waals surface area contributed by atoms with Gasteiger partial charge in [-0.2, -0.15) is 0 Å². The highest BCUT2D eigenvalue weighted by atomic mass is 16.4. The molecule has 4 N–H and O–H groups in total. The maximum absolute atomic E-state index is 10.0. The van der Waals surface area contributed by atoms with Gasteiger partial charge in [0.2, 0.25) is 0 Å². The van der Waals surface area contributed by atoms with Gasteiger partial charge in [-0.1, -0.05) is 36.8 Å². The second-order valence-corrected chi connectivity index (χ2v) is 6.14. The Morgan fingerprint density at radius 2 is 1.76 bits per heavy atom. The van der Waals surface area contributed by atoms with Crippen molar-refractivity contribution in [2.75, 3.05) is 27.7 Å². The number of hydrogen-bond donors (Lipinski definition) is 2. The third-order valence-electron chi connectivity index (χ3n) is 2.77. The predicted molar refractivity (Wildman–Crippen MR) is 84.1 cm³/mol. The van der Waals surface area contributed by atoms with Crippen LogP contribution in [0.3, 0.4) is 0 Å². The third kappa shape index (κ3) is 12.1. The number of nitrogens with zero attached hydrogens (tertiary/aromatic N) is 1. The summed E-state index contributed by atoms with van der Waals surface area (Å²) in [5.74, 6) is -1.18. The molecule has 0 aromatic heterocycles. The molecule has 5 nitrogen and oxygen atoms in total. The normalized spacial score (nSPS) is 12.2. The molecule has 0 aliphatic carbocycles. The third-order valence-corrected chi connectivity index (χ3v) is 2.77. The summed E-state index contributed by atoms with van der Waals surface area (Å²) in [4.78, 5) is 10.0. The van der Waals surface area contributed by atoms with Crippen molar-refractivity contribution in [2.24, 2.45) is 11.5 Å². The van der Waals surface area contributed by atoms with Crippen molar-refractivity contribution in [3.05, 3.63) is 35.9 Å². The van der Waals surface area contributed by atoms with Gasteiger partial charge in [0.1, 0.15) is 6.54 Å². The molecule has 1 aromatic carbocycles. The summed E-state index contributed by atoms with van der Waals surface area (Å²) < 4.78 is 0.990. The zero-order valence-electron chi connectivity index (χ0n) is 13.4. The van der Waals surface area contributed by atoms with Gasteiger partial charge in [-0.25, -0.2) is 0 Å². The van der Waals surface area contributed by atoms with Crippen LogP contribution in [0.5, 0.6) is 0 Å². The van der Waals surface area contributed by atoms with Crippen LogP contribution in [0.4, 0.5) is 0 Å². The SMILES string of the molecule is C[N+](C)(C)Cc1ccccc1.NCCCC[C@H](N)C(=O)[O-]. The van der Waals surface area contributed by atoms with Gasteiger partial charge in [0.05, 0.1) is 27.1 Å². The Bertz CT molecular complexity index is 388. The van der Waals surface area contributed by atoms with E-state index in [9.17, 15) is 9.90 Å². The molecule has 0 heterocycles. The fourth-order valence-electron chi connectivity index (χ4n) is 1.76. The lowest BCUT2D eigenvalue weighted by molar-refractivity contribution is -0.884. The molecule has 1 aromatic rings. The number of carbonyl (C=O) groups excluding carboxylic acids is 1. The molecule has 0 aliphatic rings. The van der Waals surface area contributed by atoms with Crippen LogP contribution in [-0.4, -0.2) is 44.2 Å². The molecule has 0 fully saturated rings. The average Bonchev–Trinajstić information content (AvgIpc) is 2.38. The van der Waals surface area contributed by atoms with E-state index < -0.39 is 12.0 Å². The summed E-state index contributed by atoms with van der Waals surface area (Å²) in [6, 6.07) is 9.74. The number of unbranched alkanes of at least 4 members (excludes halogenated alkanes) is 1. The lowest BCUT2D eigenvalue weighted by Gasteiger charge is -2.23. The largest absolute Gasteiger partial charge is 0.548 e. The number of aliphatic carboxylic acids is 1. The summed E-state index contributed by atoms with van der Waals surface area (Å²) >= 11 is 0. The Morgan fingerprint density at radius 3 is 2.19 bits per heavy atom. The first-order chi connectivity index (χ1) is 9.76. The topological polar surface area (TPSA) is 92.2 Å². The van der Waals surface area contributed by atoms with Crippen molar-refractivity contribution in [3.8, 4) is 0 Å². The van der Waals surface area contributed by atoms with E-state index in [0.717, 1.165) is 23.9 Å². The quantitative estimate of drug-likeness (QED) is 0.550. The molecule has 5 heteroatoms. The lowest BCUT2D eigenvalue weighted by Crippen LogP contribution is -2.41. The van der Waals surface area contributed by atoms with Crippen molar-refractivity contribution in [1.82, 2.24) is 0 Å². The first-order valence-electron chi connectivity index (χ1n) is 7.27. The summed E-state index contributed by atoms with van der Waals surface area (Å²) in [5, 5.41) is 10.0. The van der Waals surface area contributed by atoms with E-state index in [-0.39, 0.29) is 0 Å². The van der Waals surface area contributed by atoms with Crippen molar-refractivity contribution in [1.29, 1.82) is 0 Å². The van der Waals surface area contributed by atoms with Gasteiger partial charge < -0.3 is 25.9 Å². The molecule has 120 valence electrons. The van der Waals surface area contributed by atoms with Gasteiger partial charge in [0, 0.05) is 11.6 Å². The highest BCUT2D eigenvalue weighted by Crippen LogP contribution is 2.05. The second-order valence-electron chi connectivity index (χ2n) is 6.14. The predicted octanol–water partition coefficient (Wildman–Crippen LogP) is 0.0854. The fourth-order valence-corrected chi connectivity index (χ4v) is 1.76. The van der Waals surface area contributed by atoms with Crippen LogP contribution in [0.1, 0.15) is 24.8 Å². The first kappa shape index (κ1) is 19.6. The van der Waals surface area contributed by atoms with Gasteiger partial charge >= 0.3 is 0 Å². The molecule has 0 radical (unpaired) electrons. The highest BCUT2D eigenvalue weighted by molar-refractivity contribution is 5.70. The summed E-state index contributed by atoms with van der Waals surface area (Å²) in [5.41, 5.74) is 11.7. The average molecular weight is 295 g/mol. The molecule has 0 bridgehead atoms. The van der Waals surface area contributed by atoms with Crippen molar-refractivity contribution < 1.29 is 14.4 Å². The Hall–Kier alpha value is -1.43. The number of carbonyl (C=O) groups is 1. The number of nitrogens with two attached hydrogens (primary N) is 2. The fraction of sp³-hybridized carbons (Fsp3) is 0.562. The molecule has 0 amide bonds. The van der Waals surface area contributed by atoms with E-state index in [1.165, 1.54) is 5.56 Å². The number of benzene rings is 1. The van der Waals surface area contributed by atoms with E-state index in [1.807, 2.05) is 0 Å². The van der Waals surface area contributed by atoms with E-state index >= 15 is 0 Å². The Kier molecular flexibility index (Phi) is 9.62. The number of carboxylic acid groups (broad SMARTS) is 1. The van der Waals surface area contributed by atoms with Gasteiger partial charge in [-0.05, 0) is 19.4 Å². The van der Waals surface area contributed by atoms with Crippen LogP contribution in [0.2, 0.25) is 0 Å². The van der Waals surface area contributed by atoms with Crippen LogP contribution in [0, 0.1) is 0 Å². The highest BCUT2D eigenvalue weighted by Gasteiger charge is 2.06. The zero-order valence-corrected chi connectivity index (χ0v) is 13.4. The number of rotatable bonds is 7. The van der Waals surface area contributed by atoms with Crippen LogP contribution >= 0.6 is 0 Å². The molecule has 0 saturated carbocycles. The first-order valence-corrected chi connectivity index (χ1v) is 7.27. The van der Waals surface area contributed by atoms with Gasteiger partial charge in [0.25, 0.3) is 0 Å². The number of hydrogen-bond acceptors (Lipinski definition) is 4. The maximum atomic E-state index is 10.0. The standard InChI is InChI=1S/C10H16N.C6H14N2O2/c1-11(2,3)9-10-7-5-4-6-8-10;7-4-2-1-3-5(8)6(9)10/h4-8H,9H2,1-3H3;5H,1-4,7-8H2,(H,9,10)/q+1;/p-1/t;5-/m.0/s1. The molecule has 0 aliphatic heterocycles. The molecular formula is C16H29N3O2. The van der Waals surface area contributed by atoms with Crippen molar-refractivity contribution in [2.45, 2.75) is 31.8 Å². The van der Waals surface area contributed by atoms with Crippen LogP contribution in [0.15, 0.2) is 30.3 Å². The molecule has 0 saturated heterocycles. The molecule has 0 unspecified atom stereocenters. The monoisotopic (exact) mass is 295 g/mol. The lowest BCUT2D eigenvalue weighted by atomic mass is 10.1. The summed E-state index contributed by atoms with van der Waals surface area (Å²) in [6.45, 7) is 1.68. The van der Waals surface area contributed by atoms with Crippen LogP contribution < -0.4 is 16.6 Å². The maximum Gasteiger partial charge on any atom is 0.104 e. The zero-order chi connectivity index (χ0) is 16.3. The molecular weight excluding hydrogens is 266 g/mol. The minimum atomic E-state index is -1.18. The van der Waals surface area contributed by atoms with E-state index in [2.05, 4.69) is 51.5 Å². The van der Waals surface area contributed by atoms with E-state index in [1.54, 1.807) is 0 Å². The minimum Gasteiger partial charge on any atom is -0.548 e. The van der Waals surface area contributed by atoms with E-state index in [0.29, 0.717) is 13.0 Å². The number of carboxylic acids is 1. The number of quaternary nitrogens is 1. The van der Waals surface area contributed by atoms with Gasteiger partial charge in [-0.15, -0.1) is 0 Å². The van der Waals surface area contributed by atoms with Crippen molar-refractivity contribution in [3.63, 3.8) is 0 Å². The Balaban J connectivity index is 0.000000384. The Morgan fingerprint density at radius 1 is 1.19 bits per heavy atom. The molecule has 1 atom stereocenters. The molecule has 1 rings (SSSR count). The van der Waals surface area contributed by atoms with Crippen molar-refractivity contribution >= 4 is 5.97 Å². The Labute approximate surface area is 128 Å². The summed E-state index contributed by atoms with van der Waals surface area (Å²) in [6.07, 6.45) is 2.03. The van der Waals surface area contributed by atoms with Gasteiger partial charge in [-0.3, -0.25) is 0 Å².